The van der Waals surface area contributed by atoms with Crippen LogP contribution in [0.5, 0.6) is 0 Å². The first-order valence-electron chi connectivity index (χ1n) is 4.18. The Bertz CT molecular complexity index is 507. The van der Waals surface area contributed by atoms with Crippen LogP contribution in [0.4, 0.5) is 14.5 Å². The van der Waals surface area contributed by atoms with E-state index in [0.29, 0.717) is 5.82 Å². The molecular formula is C9H8F2N4. The molecule has 0 saturated heterocycles. The van der Waals surface area contributed by atoms with E-state index >= 15 is 0 Å². The second kappa shape index (κ2) is 3.30. The lowest BCUT2D eigenvalue weighted by Crippen LogP contribution is -1.98. The summed E-state index contributed by atoms with van der Waals surface area (Å²) in [7, 11) is 1.66. The van der Waals surface area contributed by atoms with Crippen LogP contribution in [-0.2, 0) is 7.05 Å². The van der Waals surface area contributed by atoms with Gasteiger partial charge in [0.2, 0.25) is 0 Å². The van der Waals surface area contributed by atoms with Gasteiger partial charge in [0.1, 0.15) is 18.0 Å². The van der Waals surface area contributed by atoms with Crippen molar-refractivity contribution >= 4 is 5.69 Å². The van der Waals surface area contributed by atoms with E-state index in [9.17, 15) is 8.78 Å². The molecule has 2 aromatic rings. The Labute approximate surface area is 84.4 Å². The quantitative estimate of drug-likeness (QED) is 0.722. The maximum atomic E-state index is 13.4. The normalized spacial score (nSPS) is 10.6. The fourth-order valence-electron chi connectivity index (χ4n) is 1.26. The summed E-state index contributed by atoms with van der Waals surface area (Å²) < 4.78 is 27.8. The molecule has 1 heterocycles. The van der Waals surface area contributed by atoms with Crippen molar-refractivity contribution in [3.8, 4) is 11.4 Å². The van der Waals surface area contributed by atoms with Gasteiger partial charge < -0.3 is 10.3 Å². The number of benzene rings is 1. The summed E-state index contributed by atoms with van der Waals surface area (Å²) in [6, 6.07) is 1.94. The van der Waals surface area contributed by atoms with E-state index in [4.69, 9.17) is 5.73 Å². The summed E-state index contributed by atoms with van der Waals surface area (Å²) in [4.78, 5) is 0. The van der Waals surface area contributed by atoms with Gasteiger partial charge in [-0.15, -0.1) is 10.2 Å². The van der Waals surface area contributed by atoms with Gasteiger partial charge in [-0.2, -0.15) is 0 Å². The van der Waals surface area contributed by atoms with Crippen LogP contribution in [-0.4, -0.2) is 14.8 Å². The van der Waals surface area contributed by atoms with E-state index < -0.39 is 11.6 Å². The van der Waals surface area contributed by atoms with Gasteiger partial charge in [0.05, 0.1) is 11.3 Å². The van der Waals surface area contributed by atoms with Crippen molar-refractivity contribution in [1.29, 1.82) is 0 Å². The molecule has 0 aliphatic heterocycles. The number of aromatic nitrogens is 3. The van der Waals surface area contributed by atoms with Crippen LogP contribution >= 0.6 is 0 Å². The number of rotatable bonds is 1. The highest BCUT2D eigenvalue weighted by atomic mass is 19.1. The van der Waals surface area contributed by atoms with E-state index in [2.05, 4.69) is 10.2 Å². The number of anilines is 1. The zero-order valence-corrected chi connectivity index (χ0v) is 7.91. The molecule has 4 nitrogen and oxygen atoms in total. The van der Waals surface area contributed by atoms with Gasteiger partial charge in [0.25, 0.3) is 0 Å². The number of nitrogens with zero attached hydrogens (tertiary/aromatic N) is 3. The minimum absolute atomic E-state index is 0.116. The van der Waals surface area contributed by atoms with Crippen molar-refractivity contribution in [3.63, 3.8) is 0 Å². The second-order valence-corrected chi connectivity index (χ2v) is 3.12. The average Bonchev–Trinajstić information content (AvgIpc) is 2.58. The molecule has 2 rings (SSSR count). The highest BCUT2D eigenvalue weighted by Crippen LogP contribution is 2.24. The standard InChI is InChI=1S/C9H8F2N4/c1-15-4-13-14-9(15)5-2-8(12)7(11)3-6(5)10/h2-4H,12H2,1H3. The van der Waals surface area contributed by atoms with E-state index in [0.717, 1.165) is 6.07 Å². The predicted octanol–water partition coefficient (Wildman–Crippen LogP) is 1.34. The molecule has 0 aliphatic rings. The van der Waals surface area contributed by atoms with Gasteiger partial charge in [0, 0.05) is 13.1 Å². The first-order valence-corrected chi connectivity index (χ1v) is 4.18. The van der Waals surface area contributed by atoms with Gasteiger partial charge in [-0.1, -0.05) is 0 Å². The van der Waals surface area contributed by atoms with E-state index in [1.807, 2.05) is 0 Å². The lowest BCUT2D eigenvalue weighted by Gasteiger charge is -2.04. The summed E-state index contributed by atoms with van der Waals surface area (Å²) in [5, 5.41) is 7.32. The van der Waals surface area contributed by atoms with Crippen molar-refractivity contribution < 1.29 is 8.78 Å². The van der Waals surface area contributed by atoms with Crippen LogP contribution in [0, 0.1) is 11.6 Å². The molecular weight excluding hydrogens is 202 g/mol. The van der Waals surface area contributed by atoms with Crippen molar-refractivity contribution in [2.24, 2.45) is 7.05 Å². The van der Waals surface area contributed by atoms with Crippen LogP contribution < -0.4 is 5.73 Å². The average molecular weight is 210 g/mol. The summed E-state index contributed by atoms with van der Waals surface area (Å²) in [6.45, 7) is 0. The van der Waals surface area contributed by atoms with Crippen LogP contribution in [0.2, 0.25) is 0 Å². The third-order valence-electron chi connectivity index (χ3n) is 2.04. The summed E-state index contributed by atoms with van der Waals surface area (Å²) in [5.74, 6) is -1.18. The van der Waals surface area contributed by atoms with Crippen molar-refractivity contribution in [3.05, 3.63) is 30.1 Å². The van der Waals surface area contributed by atoms with Crippen molar-refractivity contribution in [2.45, 2.75) is 0 Å². The van der Waals surface area contributed by atoms with Crippen LogP contribution in [0.3, 0.4) is 0 Å². The maximum absolute atomic E-state index is 13.4. The van der Waals surface area contributed by atoms with Gasteiger partial charge in [0.15, 0.2) is 5.82 Å². The second-order valence-electron chi connectivity index (χ2n) is 3.12. The molecule has 1 aromatic heterocycles. The number of nitrogens with two attached hydrogens (primary N) is 1. The monoisotopic (exact) mass is 210 g/mol. The Morgan fingerprint density at radius 2 is 2.00 bits per heavy atom. The van der Waals surface area contributed by atoms with Gasteiger partial charge >= 0.3 is 0 Å². The fourth-order valence-corrected chi connectivity index (χ4v) is 1.26. The molecule has 0 atom stereocenters. The number of halogens is 2. The lowest BCUT2D eigenvalue weighted by molar-refractivity contribution is 0.587. The first-order chi connectivity index (χ1) is 7.09. The molecule has 6 heteroatoms. The van der Waals surface area contributed by atoms with Crippen molar-refractivity contribution in [2.75, 3.05) is 5.73 Å². The largest absolute Gasteiger partial charge is 0.396 e. The highest BCUT2D eigenvalue weighted by Gasteiger charge is 2.13. The van der Waals surface area contributed by atoms with Crippen LogP contribution in [0.25, 0.3) is 11.4 Å². The van der Waals surface area contributed by atoms with Gasteiger partial charge in [-0.25, -0.2) is 8.78 Å². The molecule has 1 aromatic carbocycles. The third-order valence-corrected chi connectivity index (χ3v) is 2.04. The van der Waals surface area contributed by atoms with Gasteiger partial charge in [-0.05, 0) is 6.07 Å². The molecule has 0 radical (unpaired) electrons. The molecule has 0 amide bonds. The Hall–Kier alpha value is -1.98. The summed E-state index contributed by atoms with van der Waals surface area (Å²) in [6.07, 6.45) is 1.42. The zero-order chi connectivity index (χ0) is 11.0. The number of nitrogen functional groups attached to an aromatic ring is 1. The minimum Gasteiger partial charge on any atom is -0.396 e. The Morgan fingerprint density at radius 1 is 1.27 bits per heavy atom. The number of aryl methyl sites for hydroxylation is 1. The fraction of sp³-hybridized carbons (Fsp3) is 0.111. The minimum atomic E-state index is -0.779. The molecule has 0 bridgehead atoms. The topological polar surface area (TPSA) is 56.7 Å². The molecule has 2 N–H and O–H groups in total. The SMILES string of the molecule is Cn1cnnc1-c1cc(N)c(F)cc1F. The molecule has 0 unspecified atom stereocenters. The van der Waals surface area contributed by atoms with Gasteiger partial charge in [-0.3, -0.25) is 0 Å². The Morgan fingerprint density at radius 3 is 2.60 bits per heavy atom. The Kier molecular flexibility index (Phi) is 2.11. The predicted molar refractivity (Wildman–Crippen MR) is 50.8 cm³/mol. The van der Waals surface area contributed by atoms with E-state index in [-0.39, 0.29) is 11.3 Å². The van der Waals surface area contributed by atoms with Crippen LogP contribution in [0.1, 0.15) is 0 Å². The first kappa shape index (κ1) is 9.57. The highest BCUT2D eigenvalue weighted by molar-refractivity contribution is 5.62. The number of hydrogen-bond donors (Lipinski definition) is 1. The molecule has 0 fully saturated rings. The van der Waals surface area contributed by atoms with Crippen molar-refractivity contribution in [1.82, 2.24) is 14.8 Å². The molecule has 0 saturated carbocycles. The smallest absolute Gasteiger partial charge is 0.166 e. The third kappa shape index (κ3) is 1.54. The zero-order valence-electron chi connectivity index (χ0n) is 7.91. The molecule has 78 valence electrons. The molecule has 0 spiro atoms. The summed E-state index contributed by atoms with van der Waals surface area (Å²) in [5.41, 5.74) is 5.36. The van der Waals surface area contributed by atoms with Crippen LogP contribution in [0.15, 0.2) is 18.5 Å². The van der Waals surface area contributed by atoms with E-state index in [1.165, 1.54) is 17.0 Å². The number of hydrogen-bond acceptors (Lipinski definition) is 3. The maximum Gasteiger partial charge on any atom is 0.166 e. The molecule has 15 heavy (non-hydrogen) atoms. The van der Waals surface area contributed by atoms with E-state index in [1.54, 1.807) is 7.05 Å². The Balaban J connectivity index is 2.64. The molecule has 0 aliphatic carbocycles. The lowest BCUT2D eigenvalue weighted by atomic mass is 10.1. The summed E-state index contributed by atoms with van der Waals surface area (Å²) >= 11 is 0.